The van der Waals surface area contributed by atoms with Crippen LogP contribution < -0.4 is 20.1 Å². The molecule has 0 bridgehead atoms. The highest BCUT2D eigenvalue weighted by atomic mass is 16.5. The fraction of sp³-hybridized carbons (Fsp3) is 0.150. The van der Waals surface area contributed by atoms with Crippen LogP contribution in [0.1, 0.15) is 17.4 Å². The van der Waals surface area contributed by atoms with E-state index in [2.05, 4.69) is 20.6 Å². The Hall–Kier alpha value is -3.61. The van der Waals surface area contributed by atoms with Crippen LogP contribution in [-0.4, -0.2) is 29.6 Å². The molecule has 0 aliphatic carbocycles. The van der Waals surface area contributed by atoms with Crippen LogP contribution >= 0.6 is 0 Å². The summed E-state index contributed by atoms with van der Waals surface area (Å²) >= 11 is 0. The Morgan fingerprint density at radius 1 is 1.04 bits per heavy atom. The van der Waals surface area contributed by atoms with Crippen molar-refractivity contribution in [1.29, 1.82) is 0 Å². The third-order valence-corrected chi connectivity index (χ3v) is 3.64. The van der Waals surface area contributed by atoms with E-state index in [0.717, 1.165) is 11.4 Å². The van der Waals surface area contributed by atoms with E-state index in [-0.39, 0.29) is 11.6 Å². The van der Waals surface area contributed by atoms with Gasteiger partial charge in [0.25, 0.3) is 5.91 Å². The second-order valence-electron chi connectivity index (χ2n) is 5.53. The third-order valence-electron chi connectivity index (χ3n) is 3.64. The first kappa shape index (κ1) is 18.2. The molecular formula is C20H20N4O3. The first-order valence-corrected chi connectivity index (χ1v) is 8.46. The summed E-state index contributed by atoms with van der Waals surface area (Å²) < 4.78 is 10.6. The zero-order chi connectivity index (χ0) is 19.1. The maximum Gasteiger partial charge on any atom is 0.274 e. The van der Waals surface area contributed by atoms with Crippen molar-refractivity contribution in [3.63, 3.8) is 0 Å². The van der Waals surface area contributed by atoms with Gasteiger partial charge in [-0.2, -0.15) is 0 Å². The summed E-state index contributed by atoms with van der Waals surface area (Å²) in [4.78, 5) is 20.9. The lowest BCUT2D eigenvalue weighted by Crippen LogP contribution is -2.14. The number of anilines is 3. The van der Waals surface area contributed by atoms with Crippen molar-refractivity contribution in [2.45, 2.75) is 6.92 Å². The fourth-order valence-electron chi connectivity index (χ4n) is 2.37. The smallest absolute Gasteiger partial charge is 0.274 e. The number of nitrogens with one attached hydrogen (secondary N) is 2. The molecule has 0 saturated heterocycles. The maximum absolute atomic E-state index is 12.4. The van der Waals surface area contributed by atoms with Gasteiger partial charge in [-0.1, -0.05) is 6.07 Å². The number of hydrogen-bond donors (Lipinski definition) is 2. The molecule has 2 N–H and O–H groups in total. The van der Waals surface area contributed by atoms with Crippen LogP contribution in [-0.2, 0) is 0 Å². The number of nitrogens with zero attached hydrogens (tertiary/aromatic N) is 2. The van der Waals surface area contributed by atoms with Crippen LogP contribution in [0.2, 0.25) is 0 Å². The molecule has 0 saturated carbocycles. The molecule has 0 spiro atoms. The largest absolute Gasteiger partial charge is 0.497 e. The number of carbonyl (C=O) groups excluding carboxylic acids is 1. The Kier molecular flexibility index (Phi) is 5.84. The molecule has 7 heteroatoms. The minimum atomic E-state index is -0.333. The molecule has 0 atom stereocenters. The first-order chi connectivity index (χ1) is 13.2. The topological polar surface area (TPSA) is 85.4 Å². The molecule has 0 fully saturated rings. The number of ether oxygens (including phenoxy) is 2. The van der Waals surface area contributed by atoms with Crippen LogP contribution in [0.4, 0.5) is 17.3 Å². The van der Waals surface area contributed by atoms with Crippen molar-refractivity contribution < 1.29 is 14.3 Å². The van der Waals surface area contributed by atoms with Gasteiger partial charge in [0.05, 0.1) is 13.7 Å². The number of rotatable bonds is 7. The minimum Gasteiger partial charge on any atom is -0.497 e. The third kappa shape index (κ3) is 4.94. The van der Waals surface area contributed by atoms with Crippen LogP contribution in [0.5, 0.6) is 11.5 Å². The highest BCUT2D eigenvalue weighted by Crippen LogP contribution is 2.19. The molecule has 2 aromatic carbocycles. The van der Waals surface area contributed by atoms with Gasteiger partial charge >= 0.3 is 0 Å². The number of methoxy groups -OCH3 is 1. The Morgan fingerprint density at radius 2 is 1.85 bits per heavy atom. The van der Waals surface area contributed by atoms with Crippen molar-refractivity contribution in [3.05, 3.63) is 66.5 Å². The van der Waals surface area contributed by atoms with E-state index in [1.54, 1.807) is 37.4 Å². The van der Waals surface area contributed by atoms with Crippen LogP contribution in [0, 0.1) is 0 Å². The van der Waals surface area contributed by atoms with E-state index in [1.807, 2.05) is 31.2 Å². The molecule has 3 rings (SSSR count). The van der Waals surface area contributed by atoms with E-state index in [4.69, 9.17) is 9.47 Å². The van der Waals surface area contributed by atoms with Gasteiger partial charge in [0.2, 0.25) is 5.95 Å². The highest BCUT2D eigenvalue weighted by Gasteiger charge is 2.10. The number of benzene rings is 2. The zero-order valence-electron chi connectivity index (χ0n) is 15.1. The second-order valence-corrected chi connectivity index (χ2v) is 5.53. The molecule has 0 aliphatic rings. The lowest BCUT2D eigenvalue weighted by Gasteiger charge is -2.09. The molecule has 27 heavy (non-hydrogen) atoms. The van der Waals surface area contributed by atoms with Crippen LogP contribution in [0.25, 0.3) is 0 Å². The fourth-order valence-corrected chi connectivity index (χ4v) is 2.37. The van der Waals surface area contributed by atoms with Gasteiger partial charge in [0.15, 0.2) is 0 Å². The van der Waals surface area contributed by atoms with Crippen LogP contribution in [0.15, 0.2) is 60.8 Å². The molecule has 0 unspecified atom stereocenters. The molecular weight excluding hydrogens is 344 g/mol. The normalized spacial score (nSPS) is 10.1. The number of carbonyl (C=O) groups is 1. The summed E-state index contributed by atoms with van der Waals surface area (Å²) in [6.45, 7) is 2.54. The predicted molar refractivity (Wildman–Crippen MR) is 104 cm³/mol. The standard InChI is InChI=1S/C20H20N4O3/c1-3-27-16-9-7-14(8-10-16)23-20-21-12-11-18(24-20)19(25)22-15-5-4-6-17(13-15)26-2/h4-13H,3H2,1-2H3,(H,22,25)(H,21,23,24). The average molecular weight is 364 g/mol. The van der Waals surface area contributed by atoms with Crippen molar-refractivity contribution in [2.75, 3.05) is 24.4 Å². The zero-order valence-corrected chi connectivity index (χ0v) is 15.1. The highest BCUT2D eigenvalue weighted by molar-refractivity contribution is 6.03. The quantitative estimate of drug-likeness (QED) is 0.662. The summed E-state index contributed by atoms with van der Waals surface area (Å²) in [6, 6.07) is 16.1. The number of amides is 1. The van der Waals surface area contributed by atoms with Gasteiger partial charge in [-0.15, -0.1) is 0 Å². The van der Waals surface area contributed by atoms with Gasteiger partial charge in [-0.25, -0.2) is 9.97 Å². The van der Waals surface area contributed by atoms with Crippen molar-refractivity contribution in [3.8, 4) is 11.5 Å². The molecule has 1 aromatic heterocycles. The minimum absolute atomic E-state index is 0.251. The lowest BCUT2D eigenvalue weighted by molar-refractivity contribution is 0.102. The Labute approximate surface area is 157 Å². The van der Waals surface area contributed by atoms with E-state index < -0.39 is 0 Å². The summed E-state index contributed by atoms with van der Waals surface area (Å²) in [7, 11) is 1.57. The molecule has 3 aromatic rings. The SMILES string of the molecule is CCOc1ccc(Nc2nccc(C(=O)Nc3cccc(OC)c3)n2)cc1. The molecule has 0 radical (unpaired) electrons. The van der Waals surface area contributed by atoms with Crippen LogP contribution in [0.3, 0.4) is 0 Å². The molecule has 138 valence electrons. The van der Waals surface area contributed by atoms with Gasteiger partial charge in [-0.05, 0) is 49.4 Å². The maximum atomic E-state index is 12.4. The Balaban J connectivity index is 1.69. The van der Waals surface area contributed by atoms with E-state index >= 15 is 0 Å². The van der Waals surface area contributed by atoms with Crippen molar-refractivity contribution in [1.82, 2.24) is 9.97 Å². The Bertz CT molecular complexity index is 913. The molecule has 1 amide bonds. The average Bonchev–Trinajstić information content (AvgIpc) is 2.70. The molecule has 0 aliphatic heterocycles. The van der Waals surface area contributed by atoms with E-state index in [1.165, 1.54) is 6.20 Å². The molecule has 1 heterocycles. The summed E-state index contributed by atoms with van der Waals surface area (Å²) in [5.74, 6) is 1.45. The van der Waals surface area contributed by atoms with Gasteiger partial charge in [-0.3, -0.25) is 4.79 Å². The summed E-state index contributed by atoms with van der Waals surface area (Å²) in [5.41, 5.74) is 1.67. The van der Waals surface area contributed by atoms with E-state index in [0.29, 0.717) is 24.0 Å². The first-order valence-electron chi connectivity index (χ1n) is 8.46. The summed E-state index contributed by atoms with van der Waals surface area (Å²) in [6.07, 6.45) is 1.53. The number of aromatic nitrogens is 2. The van der Waals surface area contributed by atoms with Gasteiger partial charge in [0, 0.05) is 23.6 Å². The number of hydrogen-bond acceptors (Lipinski definition) is 6. The predicted octanol–water partition coefficient (Wildman–Crippen LogP) is 3.88. The monoisotopic (exact) mass is 364 g/mol. The molecule has 7 nitrogen and oxygen atoms in total. The van der Waals surface area contributed by atoms with Gasteiger partial charge < -0.3 is 20.1 Å². The van der Waals surface area contributed by atoms with Crippen molar-refractivity contribution in [2.24, 2.45) is 0 Å². The summed E-state index contributed by atoms with van der Waals surface area (Å²) in [5, 5.41) is 5.86. The van der Waals surface area contributed by atoms with Gasteiger partial charge in [0.1, 0.15) is 17.2 Å². The Morgan fingerprint density at radius 3 is 2.59 bits per heavy atom. The van der Waals surface area contributed by atoms with E-state index in [9.17, 15) is 4.79 Å². The second kappa shape index (κ2) is 8.66. The lowest BCUT2D eigenvalue weighted by atomic mass is 10.3. The van der Waals surface area contributed by atoms with Crippen molar-refractivity contribution >= 4 is 23.2 Å².